The molecule has 0 aliphatic carbocycles. The number of H-pyrrole nitrogens is 1. The van der Waals surface area contributed by atoms with Crippen LogP contribution in [0.25, 0.3) is 22.0 Å². The Bertz CT molecular complexity index is 624. The van der Waals surface area contributed by atoms with Crippen molar-refractivity contribution in [2.75, 3.05) is 0 Å². The van der Waals surface area contributed by atoms with Gasteiger partial charge in [0.15, 0.2) is 0 Å². The molecule has 0 bridgehead atoms. The van der Waals surface area contributed by atoms with Crippen molar-refractivity contribution in [3.63, 3.8) is 0 Å². The number of nitrogens with one attached hydrogen (secondary N) is 1. The van der Waals surface area contributed by atoms with Crippen molar-refractivity contribution in [1.29, 1.82) is 0 Å². The number of aromatic nitrogens is 2. The molecule has 0 radical (unpaired) electrons. The standard InChI is InChI=1S/C14H12N2/c1-10-7-14-11(4-6-16-14)8-13(10)12-3-2-5-15-9-12/h2-9,16H,1H3. The van der Waals surface area contributed by atoms with Gasteiger partial charge in [0, 0.05) is 29.7 Å². The molecule has 0 aliphatic rings. The topological polar surface area (TPSA) is 28.7 Å². The van der Waals surface area contributed by atoms with Gasteiger partial charge >= 0.3 is 0 Å². The van der Waals surface area contributed by atoms with Gasteiger partial charge in [0.2, 0.25) is 0 Å². The van der Waals surface area contributed by atoms with Crippen molar-refractivity contribution in [3.05, 3.63) is 54.5 Å². The largest absolute Gasteiger partial charge is 0.361 e. The van der Waals surface area contributed by atoms with E-state index in [1.165, 1.54) is 27.6 Å². The van der Waals surface area contributed by atoms with Gasteiger partial charge in [-0.25, -0.2) is 0 Å². The molecule has 2 heteroatoms. The number of hydrogen-bond donors (Lipinski definition) is 1. The highest BCUT2D eigenvalue weighted by Crippen LogP contribution is 2.27. The van der Waals surface area contributed by atoms with Gasteiger partial charge in [-0.1, -0.05) is 6.07 Å². The minimum absolute atomic E-state index is 1.17. The summed E-state index contributed by atoms with van der Waals surface area (Å²) < 4.78 is 0. The molecule has 2 aromatic heterocycles. The molecule has 0 saturated carbocycles. The van der Waals surface area contributed by atoms with Crippen LogP contribution in [0.5, 0.6) is 0 Å². The predicted molar refractivity (Wildman–Crippen MR) is 66.3 cm³/mol. The van der Waals surface area contributed by atoms with Crippen LogP contribution in [0.2, 0.25) is 0 Å². The average Bonchev–Trinajstić information content (AvgIpc) is 2.76. The van der Waals surface area contributed by atoms with Gasteiger partial charge in [0.05, 0.1) is 0 Å². The molecule has 3 aromatic rings. The Hall–Kier alpha value is -2.09. The van der Waals surface area contributed by atoms with Gasteiger partial charge in [-0.2, -0.15) is 0 Å². The summed E-state index contributed by atoms with van der Waals surface area (Å²) in [6.45, 7) is 2.13. The van der Waals surface area contributed by atoms with Crippen molar-refractivity contribution < 1.29 is 0 Å². The Balaban J connectivity index is 2.27. The van der Waals surface area contributed by atoms with Crippen LogP contribution in [-0.2, 0) is 0 Å². The molecule has 78 valence electrons. The third kappa shape index (κ3) is 1.39. The lowest BCUT2D eigenvalue weighted by Crippen LogP contribution is -1.84. The van der Waals surface area contributed by atoms with Crippen LogP contribution in [0, 0.1) is 6.92 Å². The maximum absolute atomic E-state index is 4.16. The Morgan fingerprint density at radius 1 is 1.19 bits per heavy atom. The molecular weight excluding hydrogens is 196 g/mol. The summed E-state index contributed by atoms with van der Waals surface area (Å²) in [5.41, 5.74) is 4.87. The Labute approximate surface area is 94.0 Å². The lowest BCUT2D eigenvalue weighted by atomic mass is 10.0. The number of hydrogen-bond acceptors (Lipinski definition) is 1. The lowest BCUT2D eigenvalue weighted by molar-refractivity contribution is 1.32. The summed E-state index contributed by atoms with van der Waals surface area (Å²) in [5.74, 6) is 0. The molecule has 1 aromatic carbocycles. The van der Waals surface area contributed by atoms with Crippen LogP contribution in [0.3, 0.4) is 0 Å². The fraction of sp³-hybridized carbons (Fsp3) is 0.0714. The summed E-state index contributed by atoms with van der Waals surface area (Å²) in [5, 5.41) is 1.24. The van der Waals surface area contributed by atoms with E-state index in [-0.39, 0.29) is 0 Å². The number of pyridine rings is 1. The predicted octanol–water partition coefficient (Wildman–Crippen LogP) is 3.54. The normalized spacial score (nSPS) is 10.8. The minimum atomic E-state index is 1.17. The van der Waals surface area contributed by atoms with Crippen molar-refractivity contribution in [3.8, 4) is 11.1 Å². The SMILES string of the molecule is Cc1cc2[nH]ccc2cc1-c1cccnc1. The molecule has 2 heterocycles. The van der Waals surface area contributed by atoms with Crippen LogP contribution >= 0.6 is 0 Å². The van der Waals surface area contributed by atoms with Crippen molar-refractivity contribution in [2.45, 2.75) is 6.92 Å². The third-order valence-corrected chi connectivity index (χ3v) is 2.87. The molecule has 0 amide bonds. The van der Waals surface area contributed by atoms with E-state index in [0.29, 0.717) is 0 Å². The van der Waals surface area contributed by atoms with Gasteiger partial charge < -0.3 is 4.98 Å². The van der Waals surface area contributed by atoms with Crippen molar-refractivity contribution in [2.24, 2.45) is 0 Å². The van der Waals surface area contributed by atoms with Crippen LogP contribution in [0.1, 0.15) is 5.56 Å². The van der Waals surface area contributed by atoms with Gasteiger partial charge in [0.1, 0.15) is 0 Å². The molecular formula is C14H12N2. The Morgan fingerprint density at radius 2 is 2.12 bits per heavy atom. The number of aromatic amines is 1. The van der Waals surface area contributed by atoms with E-state index < -0.39 is 0 Å². The van der Waals surface area contributed by atoms with E-state index in [1.807, 2.05) is 18.5 Å². The van der Waals surface area contributed by atoms with E-state index >= 15 is 0 Å². The average molecular weight is 208 g/mol. The molecule has 1 N–H and O–H groups in total. The highest BCUT2D eigenvalue weighted by Gasteiger charge is 2.04. The molecule has 0 saturated heterocycles. The van der Waals surface area contributed by atoms with E-state index in [2.05, 4.69) is 41.2 Å². The van der Waals surface area contributed by atoms with Crippen molar-refractivity contribution >= 4 is 10.9 Å². The van der Waals surface area contributed by atoms with Crippen LogP contribution in [0.15, 0.2) is 48.9 Å². The maximum atomic E-state index is 4.16. The van der Waals surface area contributed by atoms with Gasteiger partial charge in [-0.15, -0.1) is 0 Å². The van der Waals surface area contributed by atoms with Gasteiger partial charge in [-0.3, -0.25) is 4.98 Å². The van der Waals surface area contributed by atoms with Crippen LogP contribution in [0.4, 0.5) is 0 Å². The van der Waals surface area contributed by atoms with E-state index in [4.69, 9.17) is 0 Å². The molecule has 16 heavy (non-hydrogen) atoms. The van der Waals surface area contributed by atoms with E-state index in [9.17, 15) is 0 Å². The quantitative estimate of drug-likeness (QED) is 0.651. The van der Waals surface area contributed by atoms with Crippen molar-refractivity contribution in [1.82, 2.24) is 9.97 Å². The molecule has 0 atom stereocenters. The first-order chi connectivity index (χ1) is 7.84. The Morgan fingerprint density at radius 3 is 2.94 bits per heavy atom. The van der Waals surface area contributed by atoms with Gasteiger partial charge in [-0.05, 0) is 47.7 Å². The molecule has 0 aliphatic heterocycles. The minimum Gasteiger partial charge on any atom is -0.361 e. The smallest absolute Gasteiger partial charge is 0.0456 e. The summed E-state index contributed by atoms with van der Waals surface area (Å²) in [6.07, 6.45) is 5.67. The number of benzene rings is 1. The molecule has 0 fully saturated rings. The maximum Gasteiger partial charge on any atom is 0.0456 e. The summed E-state index contributed by atoms with van der Waals surface area (Å²) in [4.78, 5) is 7.39. The molecule has 3 rings (SSSR count). The van der Waals surface area contributed by atoms with Gasteiger partial charge in [0.25, 0.3) is 0 Å². The zero-order chi connectivity index (χ0) is 11.0. The monoisotopic (exact) mass is 208 g/mol. The van der Waals surface area contributed by atoms with E-state index in [0.717, 1.165) is 0 Å². The first-order valence-electron chi connectivity index (χ1n) is 5.33. The second-order valence-corrected chi connectivity index (χ2v) is 3.97. The van der Waals surface area contributed by atoms with Crippen LogP contribution in [-0.4, -0.2) is 9.97 Å². The highest BCUT2D eigenvalue weighted by molar-refractivity contribution is 5.86. The number of fused-ring (bicyclic) bond motifs is 1. The summed E-state index contributed by atoms with van der Waals surface area (Å²) >= 11 is 0. The number of nitrogens with zero attached hydrogens (tertiary/aromatic N) is 1. The second kappa shape index (κ2) is 3.49. The number of rotatable bonds is 1. The summed E-state index contributed by atoms with van der Waals surface area (Å²) in [6, 6.07) is 10.5. The lowest BCUT2D eigenvalue weighted by Gasteiger charge is -2.05. The first-order valence-corrected chi connectivity index (χ1v) is 5.33. The van der Waals surface area contributed by atoms with Crippen LogP contribution < -0.4 is 0 Å². The third-order valence-electron chi connectivity index (χ3n) is 2.87. The molecule has 2 nitrogen and oxygen atoms in total. The zero-order valence-corrected chi connectivity index (χ0v) is 9.07. The zero-order valence-electron chi connectivity index (χ0n) is 9.07. The molecule has 0 unspecified atom stereocenters. The fourth-order valence-electron chi connectivity index (χ4n) is 2.04. The second-order valence-electron chi connectivity index (χ2n) is 3.97. The number of aryl methyl sites for hydroxylation is 1. The first kappa shape index (κ1) is 9.16. The molecule has 0 spiro atoms. The highest BCUT2D eigenvalue weighted by atomic mass is 14.7. The van der Waals surface area contributed by atoms with E-state index in [1.54, 1.807) is 6.20 Å². The fourth-order valence-corrected chi connectivity index (χ4v) is 2.04. The Kier molecular flexibility index (Phi) is 2.00. The summed E-state index contributed by atoms with van der Waals surface area (Å²) in [7, 11) is 0.